The Labute approximate surface area is 195 Å². The SMILES string of the molecule is Cc1ccc(S(=O)(=O)N2C[C@@H](C(=O)Nc3ccccc3C(C)C)Oc3ccc(C)cc32)cc1. The predicted octanol–water partition coefficient (Wildman–Crippen LogP) is 5.02. The number of carbonyl (C=O) groups is 1. The molecule has 0 aromatic heterocycles. The van der Waals surface area contributed by atoms with E-state index < -0.39 is 22.0 Å². The summed E-state index contributed by atoms with van der Waals surface area (Å²) >= 11 is 0. The number of anilines is 2. The molecule has 1 aliphatic rings. The lowest BCUT2D eigenvalue weighted by molar-refractivity contribution is -0.122. The molecule has 0 fully saturated rings. The number of benzene rings is 3. The van der Waals surface area contributed by atoms with Crippen LogP contribution < -0.4 is 14.4 Å². The van der Waals surface area contributed by atoms with Gasteiger partial charge in [-0.2, -0.15) is 0 Å². The third-order valence-electron chi connectivity index (χ3n) is 5.73. The van der Waals surface area contributed by atoms with Crippen molar-refractivity contribution in [2.45, 2.75) is 44.6 Å². The Morgan fingerprint density at radius 3 is 2.36 bits per heavy atom. The molecule has 1 amide bonds. The number of ether oxygens (including phenoxy) is 1. The van der Waals surface area contributed by atoms with E-state index in [0.717, 1.165) is 16.7 Å². The van der Waals surface area contributed by atoms with Gasteiger partial charge in [-0.1, -0.05) is 55.8 Å². The van der Waals surface area contributed by atoms with Gasteiger partial charge in [0.25, 0.3) is 15.9 Å². The van der Waals surface area contributed by atoms with Gasteiger partial charge in [-0.15, -0.1) is 0 Å². The average Bonchev–Trinajstić information content (AvgIpc) is 2.78. The summed E-state index contributed by atoms with van der Waals surface area (Å²) in [6.07, 6.45) is -0.999. The van der Waals surface area contributed by atoms with Gasteiger partial charge in [-0.25, -0.2) is 8.42 Å². The van der Waals surface area contributed by atoms with Gasteiger partial charge in [0.05, 0.1) is 17.1 Å². The summed E-state index contributed by atoms with van der Waals surface area (Å²) in [5.74, 6) is 0.189. The van der Waals surface area contributed by atoms with Gasteiger partial charge in [-0.05, 0) is 61.2 Å². The Bertz CT molecular complexity index is 1280. The Balaban J connectivity index is 1.70. The third kappa shape index (κ3) is 4.59. The summed E-state index contributed by atoms with van der Waals surface area (Å²) in [6.45, 7) is 7.77. The van der Waals surface area contributed by atoms with Crippen molar-refractivity contribution >= 4 is 27.3 Å². The zero-order valence-electron chi connectivity index (χ0n) is 19.2. The molecule has 1 atom stereocenters. The van der Waals surface area contributed by atoms with Crippen LogP contribution >= 0.6 is 0 Å². The molecule has 1 heterocycles. The molecule has 172 valence electrons. The number of aryl methyl sites for hydroxylation is 2. The van der Waals surface area contributed by atoms with Crippen LogP contribution in [0, 0.1) is 13.8 Å². The van der Waals surface area contributed by atoms with Gasteiger partial charge in [0.15, 0.2) is 6.10 Å². The van der Waals surface area contributed by atoms with E-state index >= 15 is 0 Å². The summed E-state index contributed by atoms with van der Waals surface area (Å²) < 4.78 is 34.4. The zero-order valence-corrected chi connectivity index (χ0v) is 20.0. The summed E-state index contributed by atoms with van der Waals surface area (Å²) in [7, 11) is -3.90. The number of nitrogens with zero attached hydrogens (tertiary/aromatic N) is 1. The number of carbonyl (C=O) groups excluding carboxylic acids is 1. The highest BCUT2D eigenvalue weighted by atomic mass is 32.2. The second kappa shape index (κ2) is 8.90. The number of hydrogen-bond acceptors (Lipinski definition) is 4. The molecule has 33 heavy (non-hydrogen) atoms. The van der Waals surface area contributed by atoms with Gasteiger partial charge in [0, 0.05) is 5.69 Å². The quantitative estimate of drug-likeness (QED) is 0.575. The van der Waals surface area contributed by atoms with Crippen molar-refractivity contribution < 1.29 is 17.9 Å². The second-order valence-corrected chi connectivity index (χ2v) is 10.5. The first-order chi connectivity index (χ1) is 15.7. The molecule has 0 radical (unpaired) electrons. The van der Waals surface area contributed by atoms with Crippen molar-refractivity contribution in [3.8, 4) is 5.75 Å². The first-order valence-electron chi connectivity index (χ1n) is 10.9. The van der Waals surface area contributed by atoms with Crippen LogP contribution in [0.5, 0.6) is 5.75 Å². The van der Waals surface area contributed by atoms with E-state index in [-0.39, 0.29) is 17.4 Å². The van der Waals surface area contributed by atoms with E-state index in [9.17, 15) is 13.2 Å². The summed E-state index contributed by atoms with van der Waals surface area (Å²) in [5, 5.41) is 2.94. The fourth-order valence-electron chi connectivity index (χ4n) is 3.89. The van der Waals surface area contributed by atoms with Crippen molar-refractivity contribution in [1.82, 2.24) is 0 Å². The van der Waals surface area contributed by atoms with Crippen LogP contribution in [0.1, 0.15) is 36.5 Å². The van der Waals surface area contributed by atoms with E-state index in [1.165, 1.54) is 4.31 Å². The Hall–Kier alpha value is -3.32. The maximum absolute atomic E-state index is 13.6. The Morgan fingerprint density at radius 1 is 1.00 bits per heavy atom. The van der Waals surface area contributed by atoms with Crippen LogP contribution in [0.4, 0.5) is 11.4 Å². The Morgan fingerprint density at radius 2 is 1.67 bits per heavy atom. The summed E-state index contributed by atoms with van der Waals surface area (Å²) in [6, 6.07) is 19.6. The normalized spacial score (nSPS) is 15.7. The Kier molecular flexibility index (Phi) is 6.17. The molecule has 0 unspecified atom stereocenters. The monoisotopic (exact) mass is 464 g/mol. The van der Waals surface area contributed by atoms with Crippen molar-refractivity contribution in [2.24, 2.45) is 0 Å². The predicted molar refractivity (Wildman–Crippen MR) is 130 cm³/mol. The van der Waals surface area contributed by atoms with Crippen LogP contribution in [-0.2, 0) is 14.8 Å². The molecule has 0 bridgehead atoms. The van der Waals surface area contributed by atoms with E-state index in [2.05, 4.69) is 19.2 Å². The van der Waals surface area contributed by atoms with Gasteiger partial charge in [0.1, 0.15) is 5.75 Å². The number of rotatable bonds is 5. The smallest absolute Gasteiger partial charge is 0.267 e. The van der Waals surface area contributed by atoms with Gasteiger partial charge >= 0.3 is 0 Å². The summed E-state index contributed by atoms with van der Waals surface area (Å²) in [4.78, 5) is 13.4. The molecule has 0 saturated heterocycles. The highest BCUT2D eigenvalue weighted by Gasteiger charge is 2.37. The highest BCUT2D eigenvalue weighted by Crippen LogP contribution is 2.38. The molecule has 1 aliphatic heterocycles. The molecule has 1 N–H and O–H groups in total. The van der Waals surface area contributed by atoms with E-state index in [0.29, 0.717) is 17.1 Å². The lowest BCUT2D eigenvalue weighted by Gasteiger charge is -2.35. The van der Waals surface area contributed by atoms with Gasteiger partial charge in [0.2, 0.25) is 0 Å². The molecular formula is C26H28N2O4S. The van der Waals surface area contributed by atoms with Crippen molar-refractivity contribution in [1.29, 1.82) is 0 Å². The van der Waals surface area contributed by atoms with Crippen LogP contribution in [-0.4, -0.2) is 27.0 Å². The maximum Gasteiger partial charge on any atom is 0.267 e. The molecule has 3 aromatic carbocycles. The molecule has 0 spiro atoms. The minimum Gasteiger partial charge on any atom is -0.476 e. The average molecular weight is 465 g/mol. The molecule has 0 aliphatic carbocycles. The molecular weight excluding hydrogens is 436 g/mol. The van der Waals surface area contributed by atoms with E-state index in [4.69, 9.17) is 4.74 Å². The van der Waals surface area contributed by atoms with Gasteiger partial charge in [-0.3, -0.25) is 9.10 Å². The number of nitrogens with one attached hydrogen (secondary N) is 1. The van der Waals surface area contributed by atoms with Crippen LogP contribution in [0.3, 0.4) is 0 Å². The maximum atomic E-state index is 13.6. The molecule has 6 nitrogen and oxygen atoms in total. The van der Waals surface area contributed by atoms with Crippen LogP contribution in [0.25, 0.3) is 0 Å². The minimum absolute atomic E-state index is 0.123. The van der Waals surface area contributed by atoms with E-state index in [1.54, 1.807) is 36.4 Å². The molecule has 4 rings (SSSR count). The number of hydrogen-bond donors (Lipinski definition) is 1. The lowest BCUT2D eigenvalue weighted by atomic mass is 10.0. The summed E-state index contributed by atoms with van der Waals surface area (Å²) in [5.41, 5.74) is 4.00. The lowest BCUT2D eigenvalue weighted by Crippen LogP contribution is -2.49. The largest absolute Gasteiger partial charge is 0.476 e. The van der Waals surface area contributed by atoms with Crippen molar-refractivity contribution in [2.75, 3.05) is 16.2 Å². The highest BCUT2D eigenvalue weighted by molar-refractivity contribution is 7.92. The van der Waals surface area contributed by atoms with Crippen molar-refractivity contribution in [3.05, 3.63) is 83.4 Å². The molecule has 3 aromatic rings. The molecule has 7 heteroatoms. The number of para-hydroxylation sites is 1. The van der Waals surface area contributed by atoms with E-state index in [1.807, 2.05) is 44.2 Å². The first-order valence-corrected chi connectivity index (χ1v) is 12.4. The number of sulfonamides is 1. The van der Waals surface area contributed by atoms with Gasteiger partial charge < -0.3 is 10.1 Å². The standard InChI is InChI=1S/C26H28N2O4S/c1-17(2)21-7-5-6-8-22(21)27-26(29)25-16-28(23-15-19(4)11-14-24(23)32-25)33(30,31)20-12-9-18(3)10-13-20/h5-15,17,25H,16H2,1-4H3,(H,27,29)/t25-/m0/s1. The third-order valence-corrected chi connectivity index (χ3v) is 7.52. The first kappa shape index (κ1) is 22.9. The van der Waals surface area contributed by atoms with Crippen molar-refractivity contribution in [3.63, 3.8) is 0 Å². The fraction of sp³-hybridized carbons (Fsp3) is 0.269. The zero-order chi connectivity index (χ0) is 23.8. The second-order valence-electron chi connectivity index (χ2n) is 8.66. The number of fused-ring (bicyclic) bond motifs is 1. The molecule has 0 saturated carbocycles. The number of amides is 1. The van der Waals surface area contributed by atoms with Crippen LogP contribution in [0.15, 0.2) is 71.6 Å². The minimum atomic E-state index is -3.90. The van der Waals surface area contributed by atoms with Crippen LogP contribution in [0.2, 0.25) is 0 Å². The fourth-order valence-corrected chi connectivity index (χ4v) is 5.36. The topological polar surface area (TPSA) is 75.7 Å².